The molecule has 1 aliphatic rings. The first-order chi connectivity index (χ1) is 16.1. The Bertz CT molecular complexity index is 1300. The van der Waals surface area contributed by atoms with Gasteiger partial charge in [0, 0.05) is 0 Å². The monoisotopic (exact) mass is 491 g/mol. The van der Waals surface area contributed by atoms with Gasteiger partial charge in [-0.05, 0) is 61.1 Å². The lowest BCUT2D eigenvalue weighted by molar-refractivity contribution is 0.0934. The number of carbonyl (C=O) groups excluding carboxylic acids is 1. The molecule has 1 aromatic heterocycles. The number of benzene rings is 2. The van der Waals surface area contributed by atoms with E-state index in [9.17, 15) is 22.0 Å². The molecule has 2 aromatic carbocycles. The maximum atomic E-state index is 14.3. The second-order valence-electron chi connectivity index (χ2n) is 8.23. The molecule has 34 heavy (non-hydrogen) atoms. The molecule has 11 heteroatoms. The van der Waals surface area contributed by atoms with Crippen molar-refractivity contribution in [2.75, 3.05) is 11.0 Å². The highest BCUT2D eigenvalue weighted by Crippen LogP contribution is 2.37. The lowest BCUT2D eigenvalue weighted by Crippen LogP contribution is -2.27. The van der Waals surface area contributed by atoms with Crippen molar-refractivity contribution in [3.63, 3.8) is 0 Å². The summed E-state index contributed by atoms with van der Waals surface area (Å²) in [6.07, 6.45) is 5.30. The van der Waals surface area contributed by atoms with Gasteiger partial charge in [-0.2, -0.15) is 4.98 Å². The van der Waals surface area contributed by atoms with Gasteiger partial charge in [0.05, 0.1) is 12.3 Å². The number of oxazole rings is 1. The molecule has 1 aliphatic carbocycles. The molecule has 4 rings (SSSR count). The maximum Gasteiger partial charge on any atom is 0.399 e. The average Bonchev–Trinajstić information content (AvgIpc) is 3.17. The molecule has 1 amide bonds. The van der Waals surface area contributed by atoms with E-state index in [2.05, 4.69) is 10.3 Å². The number of halogens is 2. The maximum absolute atomic E-state index is 14.3. The third-order valence-electron chi connectivity index (χ3n) is 5.56. The number of hydrogen-bond acceptors (Lipinski definition) is 6. The van der Waals surface area contributed by atoms with E-state index in [1.54, 1.807) is 10.8 Å². The van der Waals surface area contributed by atoms with Crippen LogP contribution in [-0.4, -0.2) is 25.6 Å². The normalized spacial score (nSPS) is 14.8. The van der Waals surface area contributed by atoms with E-state index in [1.807, 2.05) is 18.2 Å². The van der Waals surface area contributed by atoms with Gasteiger partial charge >= 0.3 is 6.08 Å². The van der Waals surface area contributed by atoms with Crippen LogP contribution in [0.1, 0.15) is 59.8 Å². The van der Waals surface area contributed by atoms with Crippen LogP contribution in [0, 0.1) is 11.6 Å². The third-order valence-corrected chi connectivity index (χ3v) is 6.13. The topological polar surface area (TPSA) is 111 Å². The molecule has 2 N–H and O–H groups in total. The van der Waals surface area contributed by atoms with Crippen LogP contribution in [0.3, 0.4) is 0 Å². The van der Waals surface area contributed by atoms with Crippen LogP contribution in [0.25, 0.3) is 0 Å². The predicted octanol–water partition coefficient (Wildman–Crippen LogP) is 4.88. The molecule has 0 radical (unpaired) electrons. The molecular weight excluding hydrogens is 468 g/mol. The van der Waals surface area contributed by atoms with Crippen LogP contribution in [-0.2, 0) is 10.0 Å². The van der Waals surface area contributed by atoms with Crippen LogP contribution in [0.2, 0.25) is 0 Å². The van der Waals surface area contributed by atoms with Crippen molar-refractivity contribution in [3.05, 3.63) is 71.1 Å². The van der Waals surface area contributed by atoms with Crippen molar-refractivity contribution in [3.8, 4) is 11.8 Å². The third kappa shape index (κ3) is 5.53. The molecule has 0 aliphatic heterocycles. The Balaban J connectivity index is 1.41. The van der Waals surface area contributed by atoms with E-state index in [4.69, 9.17) is 9.15 Å². The van der Waals surface area contributed by atoms with E-state index in [0.29, 0.717) is 11.7 Å². The minimum atomic E-state index is -3.87. The zero-order valence-electron chi connectivity index (χ0n) is 18.5. The Hall–Kier alpha value is -3.47. The molecule has 8 nitrogen and oxygen atoms in total. The summed E-state index contributed by atoms with van der Waals surface area (Å²) in [5.74, 6) is -1.79. The SMILES string of the molecule is CC(NC(=O)c1coc(Oc2cccc(C3CCC3)c2)n1)c1cc(F)c(NS(C)(=O)=O)c(F)c1. The fraction of sp³-hybridized carbons (Fsp3) is 0.304. The second kappa shape index (κ2) is 9.41. The van der Waals surface area contributed by atoms with Gasteiger partial charge in [0.25, 0.3) is 5.91 Å². The summed E-state index contributed by atoms with van der Waals surface area (Å²) < 4.78 is 63.7. The van der Waals surface area contributed by atoms with E-state index in [-0.39, 0.29) is 17.3 Å². The van der Waals surface area contributed by atoms with Crippen LogP contribution in [0.4, 0.5) is 14.5 Å². The second-order valence-corrected chi connectivity index (χ2v) is 9.98. The van der Waals surface area contributed by atoms with Crippen molar-refractivity contribution in [2.45, 2.75) is 38.1 Å². The molecule has 1 unspecified atom stereocenters. The average molecular weight is 492 g/mol. The first-order valence-electron chi connectivity index (χ1n) is 10.6. The molecule has 180 valence electrons. The largest absolute Gasteiger partial charge is 0.416 e. The summed E-state index contributed by atoms with van der Waals surface area (Å²) in [5.41, 5.74) is 0.409. The lowest BCUT2D eigenvalue weighted by Gasteiger charge is -2.25. The Morgan fingerprint density at radius 2 is 1.91 bits per heavy atom. The van der Waals surface area contributed by atoms with Crippen molar-refractivity contribution < 1.29 is 31.1 Å². The van der Waals surface area contributed by atoms with Crippen LogP contribution in [0.15, 0.2) is 47.1 Å². The zero-order chi connectivity index (χ0) is 24.5. The smallest absolute Gasteiger partial charge is 0.399 e. The van der Waals surface area contributed by atoms with Gasteiger partial charge in [-0.1, -0.05) is 18.6 Å². The highest BCUT2D eigenvalue weighted by molar-refractivity contribution is 7.92. The van der Waals surface area contributed by atoms with Gasteiger partial charge in [0.15, 0.2) is 17.3 Å². The van der Waals surface area contributed by atoms with E-state index >= 15 is 0 Å². The highest BCUT2D eigenvalue weighted by Gasteiger charge is 2.22. The Labute approximate surface area is 195 Å². The van der Waals surface area contributed by atoms with Crippen molar-refractivity contribution >= 4 is 21.6 Å². The summed E-state index contributed by atoms with van der Waals surface area (Å²) in [6.45, 7) is 1.51. The number of rotatable bonds is 8. The van der Waals surface area contributed by atoms with Crippen molar-refractivity contribution in [1.82, 2.24) is 10.3 Å². The first kappa shape index (κ1) is 23.7. The van der Waals surface area contributed by atoms with E-state index in [1.165, 1.54) is 18.9 Å². The molecule has 0 saturated heterocycles. The zero-order valence-corrected chi connectivity index (χ0v) is 19.3. The molecular formula is C23H23F2N3O5S. The number of ether oxygens (including phenoxy) is 1. The summed E-state index contributed by atoms with van der Waals surface area (Å²) in [7, 11) is -3.87. The summed E-state index contributed by atoms with van der Waals surface area (Å²) in [6, 6.07) is 8.67. The molecule has 1 saturated carbocycles. The Morgan fingerprint density at radius 3 is 2.53 bits per heavy atom. The Kier molecular flexibility index (Phi) is 6.56. The minimum absolute atomic E-state index is 0.0756. The molecule has 1 fully saturated rings. The van der Waals surface area contributed by atoms with Crippen LogP contribution in [0.5, 0.6) is 11.8 Å². The first-order valence-corrected chi connectivity index (χ1v) is 12.5. The molecule has 0 bridgehead atoms. The number of carbonyl (C=O) groups is 1. The summed E-state index contributed by atoms with van der Waals surface area (Å²) in [5, 5.41) is 2.56. The van der Waals surface area contributed by atoms with Crippen molar-refractivity contribution in [1.29, 1.82) is 0 Å². The van der Waals surface area contributed by atoms with E-state index < -0.39 is 39.3 Å². The van der Waals surface area contributed by atoms with Gasteiger partial charge in [0.2, 0.25) is 10.0 Å². The fourth-order valence-electron chi connectivity index (χ4n) is 3.56. The number of sulfonamides is 1. The number of amides is 1. The standard InChI is InChI=1S/C23H23F2N3O5S/c1-13(16-10-18(24)21(19(25)11-16)28-34(2,30)31)26-22(29)20-12-32-23(27-20)33-17-8-4-7-15(9-17)14-5-3-6-14/h4,7-14,28H,3,5-6H2,1-2H3,(H,26,29). The number of aromatic nitrogens is 1. The quantitative estimate of drug-likeness (QED) is 0.465. The van der Waals surface area contributed by atoms with Gasteiger partial charge < -0.3 is 14.5 Å². The lowest BCUT2D eigenvalue weighted by atomic mass is 9.80. The van der Waals surface area contributed by atoms with Crippen LogP contribution < -0.4 is 14.8 Å². The van der Waals surface area contributed by atoms with Gasteiger partial charge in [0.1, 0.15) is 17.7 Å². The summed E-state index contributed by atoms with van der Waals surface area (Å²) >= 11 is 0. The number of hydrogen-bond donors (Lipinski definition) is 2. The van der Waals surface area contributed by atoms with Gasteiger partial charge in [-0.15, -0.1) is 0 Å². The molecule has 0 spiro atoms. The Morgan fingerprint density at radius 1 is 1.21 bits per heavy atom. The number of nitrogens with zero attached hydrogens (tertiary/aromatic N) is 1. The van der Waals surface area contributed by atoms with Crippen LogP contribution >= 0.6 is 0 Å². The van der Waals surface area contributed by atoms with Gasteiger partial charge in [-0.3, -0.25) is 9.52 Å². The van der Waals surface area contributed by atoms with Gasteiger partial charge in [-0.25, -0.2) is 17.2 Å². The number of anilines is 1. The molecule has 1 heterocycles. The molecule has 3 aromatic rings. The van der Waals surface area contributed by atoms with Crippen molar-refractivity contribution in [2.24, 2.45) is 0 Å². The minimum Gasteiger partial charge on any atom is -0.416 e. The summed E-state index contributed by atoms with van der Waals surface area (Å²) in [4.78, 5) is 16.6. The molecule has 1 atom stereocenters. The predicted molar refractivity (Wildman–Crippen MR) is 120 cm³/mol. The highest BCUT2D eigenvalue weighted by atomic mass is 32.2. The van der Waals surface area contributed by atoms with E-state index in [0.717, 1.165) is 37.5 Å². The number of nitrogens with one attached hydrogen (secondary N) is 2. The fourth-order valence-corrected chi connectivity index (χ4v) is 4.13.